The van der Waals surface area contributed by atoms with Gasteiger partial charge in [-0.2, -0.15) is 0 Å². The first-order chi connectivity index (χ1) is 8.24. The van der Waals surface area contributed by atoms with Gasteiger partial charge in [-0.05, 0) is 22.0 Å². The molecule has 0 heterocycles. The van der Waals surface area contributed by atoms with E-state index in [1.807, 2.05) is 0 Å². The molecule has 1 aromatic rings. The monoisotopic (exact) mass is 361 g/mol. The topological polar surface area (TPSA) is 63.2 Å². The first-order valence-corrected chi connectivity index (χ1v) is 8.68. The average molecular weight is 362 g/mol. The molecule has 0 aromatic heterocycles. The van der Waals surface area contributed by atoms with Crippen molar-refractivity contribution < 1.29 is 21.4 Å². The van der Waals surface area contributed by atoms with Crippen molar-refractivity contribution in [1.29, 1.82) is 0 Å². The molecule has 9 heteroatoms. The molecule has 0 aliphatic carbocycles. The molecule has 1 unspecified atom stereocenters. The van der Waals surface area contributed by atoms with E-state index in [9.17, 15) is 21.4 Å². The normalized spacial score (nSPS) is 13.6. The van der Waals surface area contributed by atoms with Crippen LogP contribution in [-0.4, -0.2) is 31.2 Å². The lowest BCUT2D eigenvalue weighted by atomic mass is 10.3. The Kier molecular flexibility index (Phi) is 5.38. The Morgan fingerprint density at radius 1 is 1.39 bits per heavy atom. The van der Waals surface area contributed by atoms with Gasteiger partial charge in [0.15, 0.2) is 0 Å². The zero-order chi connectivity index (χ0) is 13.9. The molecular weight excluding hydrogens is 352 g/mol. The first kappa shape index (κ1) is 15.7. The number of sulfonamides is 1. The second kappa shape index (κ2) is 6.18. The maximum Gasteiger partial charge on any atom is 0.244 e. The number of hydrogen-bond donors (Lipinski definition) is 1. The van der Waals surface area contributed by atoms with Gasteiger partial charge in [0.2, 0.25) is 10.0 Å². The number of rotatable bonds is 5. The first-order valence-electron chi connectivity index (χ1n) is 4.68. The quantitative estimate of drug-likeness (QED) is 0.861. The molecule has 0 saturated carbocycles. The summed E-state index contributed by atoms with van der Waals surface area (Å²) in [7, 11) is -5.27. The highest BCUT2D eigenvalue weighted by Gasteiger charge is 2.23. The van der Waals surface area contributed by atoms with Crippen LogP contribution in [0.2, 0.25) is 0 Å². The van der Waals surface area contributed by atoms with Crippen LogP contribution in [0.15, 0.2) is 21.5 Å². The molecule has 18 heavy (non-hydrogen) atoms. The molecule has 0 aliphatic rings. The molecule has 0 saturated heterocycles. The molecule has 0 amide bonds. The third-order valence-corrected chi connectivity index (χ3v) is 5.12. The standard InChI is InChI=1S/C9H10BrF2NO3S2/c1-17(14)3-2-13-18(15,16)9-7(10)4-6(11)5-8(9)12/h4-5,13H,2-3H2,1H3. The number of halogens is 3. The van der Waals surface area contributed by atoms with Crippen molar-refractivity contribution in [3.63, 3.8) is 0 Å². The zero-order valence-corrected chi connectivity index (χ0v) is 12.5. The largest absolute Gasteiger partial charge is 0.260 e. The predicted octanol–water partition coefficient (Wildman–Crippen LogP) is 1.38. The fourth-order valence-corrected chi connectivity index (χ4v) is 3.89. The Hall–Kier alpha value is -0.380. The van der Waals surface area contributed by atoms with Gasteiger partial charge >= 0.3 is 0 Å². The van der Waals surface area contributed by atoms with Crippen LogP contribution in [-0.2, 0) is 20.8 Å². The molecule has 102 valence electrons. The number of nitrogens with one attached hydrogen (secondary N) is 1. The smallest absolute Gasteiger partial charge is 0.244 e. The molecule has 0 radical (unpaired) electrons. The van der Waals surface area contributed by atoms with Gasteiger partial charge in [0.25, 0.3) is 0 Å². The Morgan fingerprint density at radius 2 is 2.00 bits per heavy atom. The van der Waals surface area contributed by atoms with E-state index in [0.717, 1.165) is 6.07 Å². The summed E-state index contributed by atoms with van der Waals surface area (Å²) in [6.07, 6.45) is 1.42. The van der Waals surface area contributed by atoms with Crippen molar-refractivity contribution >= 4 is 36.8 Å². The summed E-state index contributed by atoms with van der Waals surface area (Å²) in [4.78, 5) is -0.661. The van der Waals surface area contributed by atoms with E-state index in [1.54, 1.807) is 0 Å². The van der Waals surface area contributed by atoms with Crippen molar-refractivity contribution in [3.05, 3.63) is 28.2 Å². The Morgan fingerprint density at radius 3 is 2.50 bits per heavy atom. The zero-order valence-electron chi connectivity index (χ0n) is 9.24. The van der Waals surface area contributed by atoms with Gasteiger partial charge in [0.05, 0.1) is 0 Å². The fraction of sp³-hybridized carbons (Fsp3) is 0.333. The molecule has 1 atom stereocenters. The molecular formula is C9H10BrF2NO3S2. The van der Waals surface area contributed by atoms with Crippen LogP contribution in [0.1, 0.15) is 0 Å². The SMILES string of the molecule is CS(=O)CCNS(=O)(=O)c1c(F)cc(F)cc1Br. The van der Waals surface area contributed by atoms with Crippen molar-refractivity contribution in [2.45, 2.75) is 4.90 Å². The number of hydrogen-bond acceptors (Lipinski definition) is 3. The van der Waals surface area contributed by atoms with Gasteiger partial charge in [-0.15, -0.1) is 0 Å². The summed E-state index contributed by atoms with van der Waals surface area (Å²) < 4.78 is 62.5. The van der Waals surface area contributed by atoms with Crippen LogP contribution in [0.3, 0.4) is 0 Å². The minimum Gasteiger partial charge on any atom is -0.260 e. The van der Waals surface area contributed by atoms with Gasteiger partial charge in [-0.25, -0.2) is 21.9 Å². The van der Waals surface area contributed by atoms with E-state index in [4.69, 9.17) is 0 Å². The van der Waals surface area contributed by atoms with Crippen LogP contribution in [0.25, 0.3) is 0 Å². The van der Waals surface area contributed by atoms with Crippen LogP contribution >= 0.6 is 15.9 Å². The van der Waals surface area contributed by atoms with Gasteiger partial charge < -0.3 is 0 Å². The van der Waals surface area contributed by atoms with Gasteiger partial charge in [-0.1, -0.05) is 0 Å². The molecule has 4 nitrogen and oxygen atoms in total. The van der Waals surface area contributed by atoms with E-state index in [2.05, 4.69) is 20.7 Å². The van der Waals surface area contributed by atoms with Crippen LogP contribution in [0.5, 0.6) is 0 Å². The highest BCUT2D eigenvalue weighted by atomic mass is 79.9. The summed E-state index contributed by atoms with van der Waals surface area (Å²) in [5.41, 5.74) is 0. The molecule has 0 fully saturated rings. The van der Waals surface area contributed by atoms with E-state index in [0.29, 0.717) is 6.07 Å². The summed E-state index contributed by atoms with van der Waals surface area (Å²) in [6, 6.07) is 1.34. The van der Waals surface area contributed by atoms with Crippen LogP contribution in [0.4, 0.5) is 8.78 Å². The van der Waals surface area contributed by atoms with Crippen molar-refractivity contribution in [2.24, 2.45) is 0 Å². The van der Waals surface area contributed by atoms with E-state index >= 15 is 0 Å². The summed E-state index contributed by atoms with van der Waals surface area (Å²) >= 11 is 2.80. The lowest BCUT2D eigenvalue weighted by Gasteiger charge is -2.09. The van der Waals surface area contributed by atoms with Gasteiger partial charge in [0, 0.05) is 39.9 Å². The maximum absolute atomic E-state index is 13.4. The minimum atomic E-state index is -4.11. The summed E-state index contributed by atoms with van der Waals surface area (Å²) in [5, 5.41) is 0. The summed E-state index contributed by atoms with van der Waals surface area (Å²) in [5.74, 6) is -1.96. The highest BCUT2D eigenvalue weighted by molar-refractivity contribution is 9.10. The second-order valence-corrected chi connectivity index (χ2v) is 7.49. The maximum atomic E-state index is 13.4. The predicted molar refractivity (Wildman–Crippen MR) is 68.2 cm³/mol. The molecule has 1 aromatic carbocycles. The molecule has 1 rings (SSSR count). The lowest BCUT2D eigenvalue weighted by Crippen LogP contribution is -2.28. The van der Waals surface area contributed by atoms with Crippen molar-refractivity contribution in [2.75, 3.05) is 18.6 Å². The fourth-order valence-electron chi connectivity index (χ4n) is 1.18. The Balaban J connectivity index is 3.02. The Labute approximate surface area is 114 Å². The van der Waals surface area contributed by atoms with Gasteiger partial charge in [-0.3, -0.25) is 4.21 Å². The van der Waals surface area contributed by atoms with E-state index in [1.165, 1.54) is 6.26 Å². The van der Waals surface area contributed by atoms with Crippen molar-refractivity contribution in [3.8, 4) is 0 Å². The molecule has 0 bridgehead atoms. The number of benzene rings is 1. The van der Waals surface area contributed by atoms with Crippen LogP contribution in [0, 0.1) is 11.6 Å². The van der Waals surface area contributed by atoms with E-state index < -0.39 is 37.4 Å². The average Bonchev–Trinajstić information content (AvgIpc) is 2.13. The molecule has 1 N–H and O–H groups in total. The summed E-state index contributed by atoms with van der Waals surface area (Å²) in [6.45, 7) is -0.0886. The highest BCUT2D eigenvalue weighted by Crippen LogP contribution is 2.25. The third-order valence-electron chi connectivity index (χ3n) is 1.91. The van der Waals surface area contributed by atoms with Gasteiger partial charge in [0.1, 0.15) is 16.5 Å². The third kappa shape index (κ3) is 4.08. The lowest BCUT2D eigenvalue weighted by molar-refractivity contribution is 0.542. The van der Waals surface area contributed by atoms with Crippen molar-refractivity contribution in [1.82, 2.24) is 4.72 Å². The Bertz CT molecular complexity index is 554. The van der Waals surface area contributed by atoms with E-state index in [-0.39, 0.29) is 16.8 Å². The molecule has 0 spiro atoms. The second-order valence-electron chi connectivity index (χ2n) is 3.37. The van der Waals surface area contributed by atoms with Crippen LogP contribution < -0.4 is 4.72 Å². The minimum absolute atomic E-state index is 0.0886. The molecule has 0 aliphatic heterocycles.